The van der Waals surface area contributed by atoms with Gasteiger partial charge in [0.25, 0.3) is 11.8 Å². The number of aryl methyl sites for hydroxylation is 1. The molecule has 0 bridgehead atoms. The molecule has 0 aliphatic heterocycles. The molecule has 0 aliphatic carbocycles. The molecule has 3 aromatic rings. The van der Waals surface area contributed by atoms with Gasteiger partial charge in [-0.05, 0) is 18.2 Å². The molecule has 0 spiro atoms. The Labute approximate surface area is 181 Å². The molecular weight excluding hydrogens is 457 g/mol. The molecule has 0 saturated heterocycles. The van der Waals surface area contributed by atoms with E-state index in [4.69, 9.17) is 5.26 Å². The van der Waals surface area contributed by atoms with Crippen LogP contribution in [0.2, 0.25) is 0 Å². The molecule has 7 nitrogen and oxygen atoms in total. The van der Waals surface area contributed by atoms with Crippen LogP contribution in [0.25, 0.3) is 10.2 Å². The maximum absolute atomic E-state index is 14.1. The Balaban J connectivity index is 1.95. The molecule has 13 heteroatoms. The number of likely N-dealkylation sites (N-methyl/N-ethyl adjacent to an activating group) is 1. The number of aromatic nitrogens is 2. The molecule has 32 heavy (non-hydrogen) atoms. The normalized spacial score (nSPS) is 12.4. The number of amides is 2. The zero-order chi connectivity index (χ0) is 23.8. The molecule has 0 saturated carbocycles. The maximum Gasteiger partial charge on any atom is 0.435 e. The van der Waals surface area contributed by atoms with E-state index in [2.05, 4.69) is 10.4 Å². The molecule has 0 unspecified atom stereocenters. The van der Waals surface area contributed by atoms with Crippen LogP contribution in [0.5, 0.6) is 0 Å². The smallest absolute Gasteiger partial charge is 0.339 e. The predicted octanol–water partition coefficient (Wildman–Crippen LogP) is 3.21. The molecule has 2 aromatic heterocycles. The third kappa shape index (κ3) is 4.40. The highest BCUT2D eigenvalue weighted by Crippen LogP contribution is 2.37. The van der Waals surface area contributed by atoms with Gasteiger partial charge in [-0.2, -0.15) is 23.5 Å². The molecule has 2 heterocycles. The average Bonchev–Trinajstić information content (AvgIpc) is 3.29. The van der Waals surface area contributed by atoms with Gasteiger partial charge in [0.05, 0.1) is 4.88 Å². The van der Waals surface area contributed by atoms with Crippen LogP contribution in [0.3, 0.4) is 0 Å². The van der Waals surface area contributed by atoms with Crippen LogP contribution in [0.1, 0.15) is 20.9 Å². The molecule has 168 valence electrons. The fourth-order valence-corrected chi connectivity index (χ4v) is 3.98. The van der Waals surface area contributed by atoms with Crippen LogP contribution in [0, 0.1) is 23.1 Å². The maximum atomic E-state index is 14.1. The van der Waals surface area contributed by atoms with Crippen molar-refractivity contribution in [2.24, 2.45) is 7.05 Å². The number of alkyl halides is 3. The number of nitriles is 1. The Morgan fingerprint density at radius 1 is 1.31 bits per heavy atom. The number of hydrogen-bond acceptors (Lipinski definition) is 5. The molecule has 0 aliphatic rings. The first-order valence-corrected chi connectivity index (χ1v) is 9.70. The number of nitrogens with one attached hydrogen (secondary N) is 1. The number of carbonyl (C=O) groups is 2. The highest BCUT2D eigenvalue weighted by molar-refractivity contribution is 7.20. The van der Waals surface area contributed by atoms with Gasteiger partial charge in [0.1, 0.15) is 22.5 Å². The summed E-state index contributed by atoms with van der Waals surface area (Å²) in [5.74, 6) is -3.82. The van der Waals surface area contributed by atoms with Crippen molar-refractivity contribution >= 4 is 33.4 Å². The Morgan fingerprint density at radius 2 is 1.94 bits per heavy atom. The number of halogens is 5. The number of fused-ring (bicyclic) bond motifs is 1. The molecule has 1 aromatic carbocycles. The van der Waals surface area contributed by atoms with Gasteiger partial charge in [-0.15, -0.1) is 11.3 Å². The van der Waals surface area contributed by atoms with Crippen molar-refractivity contribution in [2.75, 3.05) is 7.05 Å². The third-order valence-electron chi connectivity index (χ3n) is 4.56. The first-order valence-electron chi connectivity index (χ1n) is 8.88. The lowest BCUT2D eigenvalue weighted by Gasteiger charge is -2.20. The van der Waals surface area contributed by atoms with E-state index in [-0.39, 0.29) is 15.1 Å². The van der Waals surface area contributed by atoms with Gasteiger partial charge in [0.2, 0.25) is 0 Å². The van der Waals surface area contributed by atoms with Crippen molar-refractivity contribution in [1.82, 2.24) is 20.0 Å². The van der Waals surface area contributed by atoms with E-state index in [1.807, 2.05) is 0 Å². The summed E-state index contributed by atoms with van der Waals surface area (Å²) in [5.41, 5.74) is -1.66. The lowest BCUT2D eigenvalue weighted by molar-refractivity contribution is -0.140. The Morgan fingerprint density at radius 3 is 2.50 bits per heavy atom. The molecule has 3 rings (SSSR count). The van der Waals surface area contributed by atoms with Gasteiger partial charge >= 0.3 is 6.18 Å². The van der Waals surface area contributed by atoms with Crippen LogP contribution in [0.4, 0.5) is 22.0 Å². The minimum absolute atomic E-state index is 0.0691. The van der Waals surface area contributed by atoms with E-state index in [9.17, 15) is 31.5 Å². The number of benzene rings is 1. The summed E-state index contributed by atoms with van der Waals surface area (Å²) in [6.07, 6.45) is -3.83. The molecule has 1 atom stereocenters. The zero-order valence-corrected chi connectivity index (χ0v) is 17.3. The van der Waals surface area contributed by atoms with Crippen molar-refractivity contribution in [3.8, 4) is 6.19 Å². The second-order valence-electron chi connectivity index (χ2n) is 6.73. The summed E-state index contributed by atoms with van der Waals surface area (Å²) < 4.78 is 68.6. The van der Waals surface area contributed by atoms with Gasteiger partial charge in [-0.1, -0.05) is 6.07 Å². The van der Waals surface area contributed by atoms with Crippen molar-refractivity contribution in [1.29, 1.82) is 5.26 Å². The van der Waals surface area contributed by atoms with E-state index < -0.39 is 53.3 Å². The van der Waals surface area contributed by atoms with Crippen LogP contribution in [-0.2, 0) is 24.4 Å². The average molecular weight is 471 g/mol. The number of carbonyl (C=O) groups excluding carboxylic acids is 2. The van der Waals surface area contributed by atoms with Gasteiger partial charge in [0.15, 0.2) is 11.9 Å². The number of rotatable bonds is 5. The Hall–Kier alpha value is -3.53. The second-order valence-corrected chi connectivity index (χ2v) is 7.76. The summed E-state index contributed by atoms with van der Waals surface area (Å²) in [4.78, 5) is 25.7. The second kappa shape index (κ2) is 8.54. The van der Waals surface area contributed by atoms with E-state index in [0.29, 0.717) is 16.2 Å². The molecular formula is C19H14F5N5O2S. The zero-order valence-electron chi connectivity index (χ0n) is 16.5. The highest BCUT2D eigenvalue weighted by atomic mass is 32.1. The Bertz CT molecular complexity index is 1220. The monoisotopic (exact) mass is 471 g/mol. The van der Waals surface area contributed by atoms with E-state index in [1.165, 1.54) is 13.2 Å². The minimum atomic E-state index is -4.75. The van der Waals surface area contributed by atoms with Crippen LogP contribution < -0.4 is 5.32 Å². The summed E-state index contributed by atoms with van der Waals surface area (Å²) in [6.45, 7) is 0. The van der Waals surface area contributed by atoms with Crippen LogP contribution in [0.15, 0.2) is 24.3 Å². The quantitative estimate of drug-likeness (QED) is 0.352. The van der Waals surface area contributed by atoms with Gasteiger partial charge in [-0.25, -0.2) is 8.78 Å². The van der Waals surface area contributed by atoms with Crippen molar-refractivity contribution in [3.63, 3.8) is 0 Å². The Kier molecular flexibility index (Phi) is 6.18. The minimum Gasteiger partial charge on any atom is -0.339 e. The lowest BCUT2D eigenvalue weighted by Crippen LogP contribution is -2.47. The molecule has 2 amide bonds. The standard InChI is InChI=1S/C19H14F5N5O2S/c1-28(8-25)17(31)13(6-9-11(20)4-3-5-12(9)21)26-16(30)14-7-10-15(19(22,23)24)27-29(2)18(10)32-14/h3-5,7,13H,6H2,1-2H3,(H,26,30)/t13-/m0/s1. The van der Waals surface area contributed by atoms with Crippen molar-refractivity contribution in [2.45, 2.75) is 18.6 Å². The number of hydrogen-bond donors (Lipinski definition) is 1. The van der Waals surface area contributed by atoms with Crippen molar-refractivity contribution < 1.29 is 31.5 Å². The molecule has 1 N–H and O–H groups in total. The first-order chi connectivity index (χ1) is 14.9. The van der Waals surface area contributed by atoms with Gasteiger partial charge in [0, 0.05) is 31.5 Å². The largest absolute Gasteiger partial charge is 0.435 e. The summed E-state index contributed by atoms with van der Waals surface area (Å²) >= 11 is 0.700. The van der Waals surface area contributed by atoms with E-state index >= 15 is 0 Å². The number of thiophene rings is 1. The van der Waals surface area contributed by atoms with Gasteiger partial charge < -0.3 is 5.32 Å². The number of nitrogens with zero attached hydrogens (tertiary/aromatic N) is 4. The molecule has 0 fully saturated rings. The first kappa shape index (κ1) is 23.1. The molecule has 0 radical (unpaired) electrons. The predicted molar refractivity (Wildman–Crippen MR) is 103 cm³/mol. The van der Waals surface area contributed by atoms with Crippen LogP contribution >= 0.6 is 11.3 Å². The SMILES string of the molecule is CN(C#N)C(=O)[C@H](Cc1c(F)cccc1F)NC(=O)c1cc2c(C(F)(F)F)nn(C)c2s1. The van der Waals surface area contributed by atoms with Gasteiger partial charge in [-0.3, -0.25) is 19.2 Å². The fourth-order valence-electron chi connectivity index (χ4n) is 3.01. The highest BCUT2D eigenvalue weighted by Gasteiger charge is 2.38. The summed E-state index contributed by atoms with van der Waals surface area (Å²) in [5, 5.41) is 14.3. The summed E-state index contributed by atoms with van der Waals surface area (Å²) in [6, 6.07) is 2.48. The van der Waals surface area contributed by atoms with E-state index in [0.717, 1.165) is 36.0 Å². The van der Waals surface area contributed by atoms with E-state index in [1.54, 1.807) is 0 Å². The lowest BCUT2D eigenvalue weighted by atomic mass is 10.0. The van der Waals surface area contributed by atoms with Crippen LogP contribution in [-0.4, -0.2) is 39.6 Å². The summed E-state index contributed by atoms with van der Waals surface area (Å²) in [7, 11) is 2.38. The fraction of sp³-hybridized carbons (Fsp3) is 0.263. The van der Waals surface area contributed by atoms with Crippen molar-refractivity contribution in [3.05, 3.63) is 52.0 Å². The third-order valence-corrected chi connectivity index (χ3v) is 5.76. The topological polar surface area (TPSA) is 91.0 Å².